The van der Waals surface area contributed by atoms with E-state index in [1.807, 2.05) is 13.0 Å². The van der Waals surface area contributed by atoms with Gasteiger partial charge in [-0.15, -0.1) is 0 Å². The number of rotatable bonds is 5. The molecule has 1 aromatic carbocycles. The fourth-order valence-electron chi connectivity index (χ4n) is 1.43. The van der Waals surface area contributed by atoms with Crippen LogP contribution in [0.25, 0.3) is 0 Å². The first-order valence-electron chi connectivity index (χ1n) is 5.67. The molecule has 0 saturated carbocycles. The molecule has 0 aromatic heterocycles. The van der Waals surface area contributed by atoms with Gasteiger partial charge in [-0.05, 0) is 38.5 Å². The largest absolute Gasteiger partial charge is 0.462 e. The Hall–Kier alpha value is -1.42. The second-order valence-corrected chi connectivity index (χ2v) is 4.20. The SMILES string of the molecule is CC(C)OC(=O)CNC(C)c1cccc(F)c1. The predicted molar refractivity (Wildman–Crippen MR) is 64.0 cm³/mol. The van der Waals surface area contributed by atoms with Gasteiger partial charge in [0.25, 0.3) is 0 Å². The molecule has 1 N–H and O–H groups in total. The summed E-state index contributed by atoms with van der Waals surface area (Å²) in [7, 11) is 0. The molecule has 0 fully saturated rings. The number of carbonyl (C=O) groups is 1. The molecule has 4 heteroatoms. The van der Waals surface area contributed by atoms with Crippen LogP contribution in [0, 0.1) is 5.82 Å². The van der Waals surface area contributed by atoms with Crippen LogP contribution < -0.4 is 5.32 Å². The van der Waals surface area contributed by atoms with Crippen molar-refractivity contribution >= 4 is 5.97 Å². The molecule has 0 spiro atoms. The maximum atomic E-state index is 13.0. The van der Waals surface area contributed by atoms with Crippen LogP contribution in [0.3, 0.4) is 0 Å². The van der Waals surface area contributed by atoms with Crippen molar-refractivity contribution in [2.75, 3.05) is 6.54 Å². The smallest absolute Gasteiger partial charge is 0.320 e. The highest BCUT2D eigenvalue weighted by Gasteiger charge is 2.09. The molecule has 94 valence electrons. The van der Waals surface area contributed by atoms with Gasteiger partial charge in [0.05, 0.1) is 12.6 Å². The van der Waals surface area contributed by atoms with E-state index >= 15 is 0 Å². The average molecular weight is 239 g/mol. The molecule has 17 heavy (non-hydrogen) atoms. The van der Waals surface area contributed by atoms with Crippen molar-refractivity contribution in [1.29, 1.82) is 0 Å². The number of hydrogen-bond acceptors (Lipinski definition) is 3. The Labute approximate surface area is 101 Å². The minimum atomic E-state index is -0.303. The normalized spacial score (nSPS) is 12.5. The zero-order valence-corrected chi connectivity index (χ0v) is 10.4. The summed E-state index contributed by atoms with van der Waals surface area (Å²) in [4.78, 5) is 11.3. The van der Waals surface area contributed by atoms with Gasteiger partial charge in [-0.2, -0.15) is 0 Å². The first-order chi connectivity index (χ1) is 7.99. The second kappa shape index (κ2) is 6.35. The molecule has 1 atom stereocenters. The molecule has 0 aliphatic rings. The third-order valence-electron chi connectivity index (χ3n) is 2.27. The lowest BCUT2D eigenvalue weighted by atomic mass is 10.1. The Kier molecular flexibility index (Phi) is 5.10. The summed E-state index contributed by atoms with van der Waals surface area (Å²) in [5.74, 6) is -0.579. The van der Waals surface area contributed by atoms with E-state index in [4.69, 9.17) is 4.74 Å². The third-order valence-corrected chi connectivity index (χ3v) is 2.27. The molecule has 1 aromatic rings. The Bertz CT molecular complexity index is 379. The molecule has 0 bridgehead atoms. The minimum Gasteiger partial charge on any atom is -0.462 e. The van der Waals surface area contributed by atoms with Crippen LogP contribution in [0.2, 0.25) is 0 Å². The van der Waals surface area contributed by atoms with Crippen molar-refractivity contribution in [3.05, 3.63) is 35.6 Å². The van der Waals surface area contributed by atoms with Crippen LogP contribution in [0.1, 0.15) is 32.4 Å². The summed E-state index contributed by atoms with van der Waals surface area (Å²) < 4.78 is 18.0. The van der Waals surface area contributed by atoms with Gasteiger partial charge in [0.1, 0.15) is 5.82 Å². The summed E-state index contributed by atoms with van der Waals surface area (Å²) in [6.45, 7) is 5.59. The van der Waals surface area contributed by atoms with Gasteiger partial charge >= 0.3 is 5.97 Å². The van der Waals surface area contributed by atoms with Gasteiger partial charge in [-0.25, -0.2) is 4.39 Å². The van der Waals surface area contributed by atoms with Crippen molar-refractivity contribution in [3.8, 4) is 0 Å². The van der Waals surface area contributed by atoms with Gasteiger partial charge in [0.2, 0.25) is 0 Å². The summed E-state index contributed by atoms with van der Waals surface area (Å²) in [6.07, 6.45) is -0.117. The van der Waals surface area contributed by atoms with Gasteiger partial charge in [-0.3, -0.25) is 4.79 Å². The molecule has 0 aliphatic heterocycles. The Morgan fingerprint density at radius 3 is 2.71 bits per heavy atom. The van der Waals surface area contributed by atoms with Gasteiger partial charge in [0.15, 0.2) is 0 Å². The number of esters is 1. The monoisotopic (exact) mass is 239 g/mol. The standard InChI is InChI=1S/C13H18FNO2/c1-9(2)17-13(16)8-15-10(3)11-5-4-6-12(14)7-11/h4-7,9-10,15H,8H2,1-3H3. The van der Waals surface area contributed by atoms with Crippen molar-refractivity contribution in [2.45, 2.75) is 32.9 Å². The van der Waals surface area contributed by atoms with Crippen LogP contribution >= 0.6 is 0 Å². The molecule has 0 heterocycles. The second-order valence-electron chi connectivity index (χ2n) is 4.20. The lowest BCUT2D eigenvalue weighted by Crippen LogP contribution is -2.28. The first-order valence-corrected chi connectivity index (χ1v) is 5.67. The molecule has 0 aliphatic carbocycles. The average Bonchev–Trinajstić information content (AvgIpc) is 2.25. The number of hydrogen-bond donors (Lipinski definition) is 1. The molecule has 0 saturated heterocycles. The van der Waals surface area contributed by atoms with Crippen LogP contribution in [-0.2, 0) is 9.53 Å². The Balaban J connectivity index is 2.44. The Morgan fingerprint density at radius 1 is 1.41 bits per heavy atom. The predicted octanol–water partition coefficient (Wildman–Crippen LogP) is 2.43. The van der Waals surface area contributed by atoms with Crippen molar-refractivity contribution in [3.63, 3.8) is 0 Å². The lowest BCUT2D eigenvalue weighted by Gasteiger charge is -2.14. The minimum absolute atomic E-state index is 0.0922. The van der Waals surface area contributed by atoms with E-state index in [1.54, 1.807) is 19.9 Å². The van der Waals surface area contributed by atoms with Crippen molar-refractivity contribution < 1.29 is 13.9 Å². The summed E-state index contributed by atoms with van der Waals surface area (Å²) >= 11 is 0. The van der Waals surface area contributed by atoms with Crippen LogP contribution in [0.4, 0.5) is 4.39 Å². The number of ether oxygens (including phenoxy) is 1. The van der Waals surface area contributed by atoms with Gasteiger partial charge in [-0.1, -0.05) is 12.1 Å². The number of nitrogens with one attached hydrogen (secondary N) is 1. The van der Waals surface area contributed by atoms with Gasteiger partial charge < -0.3 is 10.1 Å². The number of carbonyl (C=O) groups excluding carboxylic acids is 1. The van der Waals surface area contributed by atoms with E-state index in [0.717, 1.165) is 5.56 Å². The molecular formula is C13H18FNO2. The van der Waals surface area contributed by atoms with Crippen LogP contribution in [-0.4, -0.2) is 18.6 Å². The molecule has 1 unspecified atom stereocenters. The molecular weight excluding hydrogens is 221 g/mol. The lowest BCUT2D eigenvalue weighted by molar-refractivity contribution is -0.146. The van der Waals surface area contributed by atoms with Crippen LogP contribution in [0.15, 0.2) is 24.3 Å². The molecule has 0 radical (unpaired) electrons. The fraction of sp³-hybridized carbons (Fsp3) is 0.462. The Morgan fingerprint density at radius 2 is 2.12 bits per heavy atom. The van der Waals surface area contributed by atoms with Crippen molar-refractivity contribution in [2.24, 2.45) is 0 Å². The molecule has 0 amide bonds. The van der Waals surface area contributed by atoms with E-state index in [9.17, 15) is 9.18 Å². The highest BCUT2D eigenvalue weighted by Crippen LogP contribution is 2.12. The number of benzene rings is 1. The zero-order valence-electron chi connectivity index (χ0n) is 10.4. The maximum Gasteiger partial charge on any atom is 0.320 e. The summed E-state index contributed by atoms with van der Waals surface area (Å²) in [5, 5.41) is 2.99. The van der Waals surface area contributed by atoms with E-state index in [2.05, 4.69) is 5.32 Å². The highest BCUT2D eigenvalue weighted by molar-refractivity contribution is 5.71. The molecule has 3 nitrogen and oxygen atoms in total. The molecule has 1 rings (SSSR count). The van der Waals surface area contributed by atoms with Gasteiger partial charge in [0, 0.05) is 6.04 Å². The quantitative estimate of drug-likeness (QED) is 0.802. The van der Waals surface area contributed by atoms with E-state index in [-0.39, 0.29) is 30.5 Å². The first kappa shape index (κ1) is 13.6. The zero-order chi connectivity index (χ0) is 12.8. The number of halogens is 1. The van der Waals surface area contributed by atoms with Crippen LogP contribution in [0.5, 0.6) is 0 Å². The maximum absolute atomic E-state index is 13.0. The summed E-state index contributed by atoms with van der Waals surface area (Å²) in [6, 6.07) is 6.21. The van der Waals surface area contributed by atoms with E-state index in [0.29, 0.717) is 0 Å². The fourth-order valence-corrected chi connectivity index (χ4v) is 1.43. The summed E-state index contributed by atoms with van der Waals surface area (Å²) in [5.41, 5.74) is 0.808. The topological polar surface area (TPSA) is 38.3 Å². The third kappa shape index (κ3) is 4.95. The van der Waals surface area contributed by atoms with E-state index in [1.165, 1.54) is 12.1 Å². The van der Waals surface area contributed by atoms with E-state index < -0.39 is 0 Å². The highest BCUT2D eigenvalue weighted by atomic mass is 19.1. The van der Waals surface area contributed by atoms with Crippen molar-refractivity contribution in [1.82, 2.24) is 5.32 Å².